The highest BCUT2D eigenvalue weighted by Gasteiger charge is 2.35. The third-order valence-electron chi connectivity index (χ3n) is 1.52. The summed E-state index contributed by atoms with van der Waals surface area (Å²) >= 11 is 0. The van der Waals surface area contributed by atoms with Gasteiger partial charge >= 0.3 is 0 Å². The van der Waals surface area contributed by atoms with Crippen LogP contribution in [0.4, 0.5) is 8.78 Å². The van der Waals surface area contributed by atoms with Gasteiger partial charge in [-0.1, -0.05) is 0 Å². The lowest BCUT2D eigenvalue weighted by Crippen LogP contribution is -2.26. The van der Waals surface area contributed by atoms with Crippen LogP contribution in [0.1, 0.15) is 0 Å². The molecule has 0 radical (unpaired) electrons. The van der Waals surface area contributed by atoms with Gasteiger partial charge in [0.15, 0.2) is 12.6 Å². The number of nitrogens with zero attached hydrogens (tertiary/aromatic N) is 2. The summed E-state index contributed by atoms with van der Waals surface area (Å²) in [5.74, 6) is 0. The van der Waals surface area contributed by atoms with E-state index in [1.54, 1.807) is 14.1 Å². The number of rotatable bonds is 0. The van der Waals surface area contributed by atoms with Gasteiger partial charge in [0, 0.05) is 0 Å². The lowest BCUT2D eigenvalue weighted by molar-refractivity contribution is 0.0635. The van der Waals surface area contributed by atoms with Gasteiger partial charge in [-0.25, -0.2) is 8.78 Å². The predicted octanol–water partition coefficient (Wildman–Crippen LogP) is 0.412. The summed E-state index contributed by atoms with van der Waals surface area (Å²) in [7, 11) is 3.11. The zero-order chi connectivity index (χ0) is 7.02. The highest BCUT2D eigenvalue weighted by atomic mass is 19.2. The molecule has 1 saturated heterocycles. The highest BCUT2D eigenvalue weighted by molar-refractivity contribution is 4.74. The summed E-state index contributed by atoms with van der Waals surface area (Å²) < 4.78 is 24.9. The van der Waals surface area contributed by atoms with Crippen LogP contribution in [0.3, 0.4) is 0 Å². The third-order valence-corrected chi connectivity index (χ3v) is 1.52. The van der Waals surface area contributed by atoms with Gasteiger partial charge in [0.2, 0.25) is 0 Å². The fraction of sp³-hybridized carbons (Fsp3) is 1.00. The van der Waals surface area contributed by atoms with Gasteiger partial charge in [-0.05, 0) is 14.1 Å². The Bertz CT molecular complexity index is 97.1. The van der Waals surface area contributed by atoms with E-state index in [9.17, 15) is 8.78 Å². The van der Waals surface area contributed by atoms with E-state index in [0.29, 0.717) is 6.67 Å². The van der Waals surface area contributed by atoms with Gasteiger partial charge < -0.3 is 0 Å². The number of alkyl halides is 2. The first-order chi connectivity index (χ1) is 4.13. The number of halogens is 2. The Hall–Kier alpha value is -0.220. The molecule has 0 aromatic rings. The maximum absolute atomic E-state index is 12.5. The summed E-state index contributed by atoms with van der Waals surface area (Å²) in [6, 6.07) is 0. The molecule has 1 aliphatic heterocycles. The smallest absolute Gasteiger partial charge is 0.199 e. The van der Waals surface area contributed by atoms with E-state index in [0.717, 1.165) is 0 Å². The Labute approximate surface area is 53.0 Å². The van der Waals surface area contributed by atoms with Gasteiger partial charge in [-0.3, -0.25) is 9.80 Å². The lowest BCUT2D eigenvalue weighted by atomic mass is 10.5. The van der Waals surface area contributed by atoms with Crippen LogP contribution in [-0.2, 0) is 0 Å². The topological polar surface area (TPSA) is 6.48 Å². The van der Waals surface area contributed by atoms with E-state index in [4.69, 9.17) is 0 Å². The standard InChI is InChI=1S/C5H10F2N2/c1-8-3-9(2)5(7)4(8)6/h4-5H,3H2,1-2H3. The molecular weight excluding hydrogens is 126 g/mol. The molecule has 9 heavy (non-hydrogen) atoms. The van der Waals surface area contributed by atoms with Gasteiger partial charge in [0.25, 0.3) is 0 Å². The monoisotopic (exact) mass is 136 g/mol. The van der Waals surface area contributed by atoms with Gasteiger partial charge in [-0.2, -0.15) is 0 Å². The molecule has 0 N–H and O–H groups in total. The van der Waals surface area contributed by atoms with E-state index in [-0.39, 0.29) is 0 Å². The predicted molar refractivity (Wildman–Crippen MR) is 30.2 cm³/mol. The van der Waals surface area contributed by atoms with Crippen LogP contribution in [0, 0.1) is 0 Å². The lowest BCUT2D eigenvalue weighted by Gasteiger charge is -2.08. The van der Waals surface area contributed by atoms with Crippen molar-refractivity contribution in [3.8, 4) is 0 Å². The van der Waals surface area contributed by atoms with Crippen LogP contribution in [0.25, 0.3) is 0 Å². The molecule has 1 rings (SSSR count). The first-order valence-electron chi connectivity index (χ1n) is 2.81. The fourth-order valence-electron chi connectivity index (χ4n) is 0.928. The average molecular weight is 136 g/mol. The van der Waals surface area contributed by atoms with Crippen molar-refractivity contribution in [3.05, 3.63) is 0 Å². The third kappa shape index (κ3) is 1.04. The molecule has 4 heteroatoms. The molecule has 0 saturated carbocycles. The van der Waals surface area contributed by atoms with Crippen LogP contribution in [0.2, 0.25) is 0 Å². The number of likely N-dealkylation sites (N-methyl/N-ethyl adjacent to an activating group) is 2. The SMILES string of the molecule is CN1CN(C)C(F)C1F. The Morgan fingerprint density at radius 1 is 1.11 bits per heavy atom. The molecule has 1 fully saturated rings. The van der Waals surface area contributed by atoms with Crippen molar-refractivity contribution in [3.63, 3.8) is 0 Å². The van der Waals surface area contributed by atoms with Crippen molar-refractivity contribution in [2.75, 3.05) is 20.8 Å². The molecule has 2 atom stereocenters. The van der Waals surface area contributed by atoms with Crippen molar-refractivity contribution in [2.45, 2.75) is 12.6 Å². The minimum absolute atomic E-state index is 0.363. The average Bonchev–Trinajstić information content (AvgIpc) is 1.98. The van der Waals surface area contributed by atoms with Crippen LogP contribution < -0.4 is 0 Å². The van der Waals surface area contributed by atoms with Crippen LogP contribution >= 0.6 is 0 Å². The summed E-state index contributed by atoms with van der Waals surface area (Å²) in [6.45, 7) is 0.363. The van der Waals surface area contributed by atoms with Crippen molar-refractivity contribution in [1.29, 1.82) is 0 Å². The molecule has 2 nitrogen and oxygen atoms in total. The zero-order valence-corrected chi connectivity index (χ0v) is 5.51. The first kappa shape index (κ1) is 6.89. The van der Waals surface area contributed by atoms with Crippen LogP contribution in [0.15, 0.2) is 0 Å². The molecule has 0 spiro atoms. The molecule has 1 aliphatic rings. The summed E-state index contributed by atoms with van der Waals surface area (Å²) in [6.07, 6.45) is -2.90. The minimum Gasteiger partial charge on any atom is -0.260 e. The second-order valence-electron chi connectivity index (χ2n) is 2.40. The summed E-state index contributed by atoms with van der Waals surface area (Å²) in [4.78, 5) is 2.65. The fourth-order valence-corrected chi connectivity index (χ4v) is 0.928. The van der Waals surface area contributed by atoms with E-state index < -0.39 is 12.6 Å². The van der Waals surface area contributed by atoms with E-state index in [1.807, 2.05) is 0 Å². The molecule has 54 valence electrons. The Morgan fingerprint density at radius 3 is 1.56 bits per heavy atom. The number of hydrogen-bond donors (Lipinski definition) is 0. The van der Waals surface area contributed by atoms with Crippen molar-refractivity contribution >= 4 is 0 Å². The number of hydrogen-bond acceptors (Lipinski definition) is 2. The Balaban J connectivity index is 2.54. The molecule has 0 bridgehead atoms. The molecule has 0 aliphatic carbocycles. The first-order valence-corrected chi connectivity index (χ1v) is 2.81. The van der Waals surface area contributed by atoms with Crippen LogP contribution in [-0.4, -0.2) is 43.2 Å². The highest BCUT2D eigenvalue weighted by Crippen LogP contribution is 2.18. The maximum atomic E-state index is 12.5. The van der Waals surface area contributed by atoms with Gasteiger partial charge in [0.1, 0.15) is 0 Å². The zero-order valence-electron chi connectivity index (χ0n) is 5.51. The van der Waals surface area contributed by atoms with Crippen molar-refractivity contribution < 1.29 is 8.78 Å². The Kier molecular flexibility index (Phi) is 1.68. The van der Waals surface area contributed by atoms with Crippen molar-refractivity contribution in [2.24, 2.45) is 0 Å². The molecule has 0 aromatic carbocycles. The minimum atomic E-state index is -1.45. The second-order valence-corrected chi connectivity index (χ2v) is 2.40. The summed E-state index contributed by atoms with van der Waals surface area (Å²) in [5.41, 5.74) is 0. The van der Waals surface area contributed by atoms with Crippen LogP contribution in [0.5, 0.6) is 0 Å². The summed E-state index contributed by atoms with van der Waals surface area (Å²) in [5, 5.41) is 0. The molecule has 0 amide bonds. The molecular formula is C5H10F2N2. The van der Waals surface area contributed by atoms with Gasteiger partial charge in [0.05, 0.1) is 6.67 Å². The molecule has 1 heterocycles. The van der Waals surface area contributed by atoms with E-state index in [1.165, 1.54) is 9.80 Å². The largest absolute Gasteiger partial charge is 0.260 e. The van der Waals surface area contributed by atoms with E-state index >= 15 is 0 Å². The Morgan fingerprint density at radius 2 is 1.44 bits per heavy atom. The quantitative estimate of drug-likeness (QED) is 0.445. The maximum Gasteiger partial charge on any atom is 0.199 e. The molecule has 2 unspecified atom stereocenters. The van der Waals surface area contributed by atoms with E-state index in [2.05, 4.69) is 0 Å². The second kappa shape index (κ2) is 2.19. The normalized spacial score (nSPS) is 40.0. The van der Waals surface area contributed by atoms with Gasteiger partial charge in [-0.15, -0.1) is 0 Å². The van der Waals surface area contributed by atoms with Crippen molar-refractivity contribution in [1.82, 2.24) is 9.80 Å². The molecule has 0 aromatic heterocycles.